The quantitative estimate of drug-likeness (QED) is 0.770. The van der Waals surface area contributed by atoms with Crippen LogP contribution in [-0.4, -0.2) is 24.0 Å². The minimum Gasteiger partial charge on any atom is -0.312 e. The number of hydrogen-bond donors (Lipinski definition) is 1. The lowest BCUT2D eigenvalue weighted by Crippen LogP contribution is -2.25. The van der Waals surface area contributed by atoms with Crippen molar-refractivity contribution < 1.29 is 0 Å². The van der Waals surface area contributed by atoms with Gasteiger partial charge in [0.05, 0.1) is 0 Å². The maximum Gasteiger partial charge on any atom is 0.0236 e. The fourth-order valence-electron chi connectivity index (χ4n) is 2.52. The van der Waals surface area contributed by atoms with Gasteiger partial charge in [-0.05, 0) is 43.0 Å². The Bertz CT molecular complexity index is 383. The van der Waals surface area contributed by atoms with Crippen LogP contribution >= 0.6 is 0 Å². The Hall–Kier alpha value is -0.860. The molecule has 2 nitrogen and oxygen atoms in total. The molecular weight excluding hydrogens is 232 g/mol. The number of nitrogens with one attached hydrogen (secondary N) is 1. The van der Waals surface area contributed by atoms with Crippen molar-refractivity contribution in [2.75, 3.05) is 13.1 Å². The molecule has 1 aromatic carbocycles. The molecule has 0 saturated heterocycles. The average molecular weight is 260 g/mol. The van der Waals surface area contributed by atoms with Crippen molar-refractivity contribution in [1.82, 2.24) is 10.2 Å². The van der Waals surface area contributed by atoms with Crippen molar-refractivity contribution in [3.8, 4) is 0 Å². The summed E-state index contributed by atoms with van der Waals surface area (Å²) in [6.45, 7) is 11.1. The average Bonchev–Trinajstić information content (AvgIpc) is 3.20. The monoisotopic (exact) mass is 260 g/mol. The smallest absolute Gasteiger partial charge is 0.0236 e. The number of nitrogens with zero attached hydrogens (tertiary/aromatic N) is 1. The summed E-state index contributed by atoms with van der Waals surface area (Å²) in [6, 6.07) is 9.90. The number of rotatable bonds is 8. The molecule has 2 heteroatoms. The molecule has 0 radical (unpaired) electrons. The Morgan fingerprint density at radius 1 is 1.26 bits per heavy atom. The van der Waals surface area contributed by atoms with Crippen LogP contribution in [0.3, 0.4) is 0 Å². The van der Waals surface area contributed by atoms with E-state index in [9.17, 15) is 0 Å². The maximum atomic E-state index is 3.52. The zero-order valence-corrected chi connectivity index (χ0v) is 12.7. The summed E-state index contributed by atoms with van der Waals surface area (Å²) in [6.07, 6.45) is 2.78. The molecule has 0 amide bonds. The van der Waals surface area contributed by atoms with E-state index < -0.39 is 0 Å². The minimum atomic E-state index is 0.716. The van der Waals surface area contributed by atoms with Crippen molar-refractivity contribution in [3.05, 3.63) is 35.4 Å². The van der Waals surface area contributed by atoms with Gasteiger partial charge in [-0.1, -0.05) is 45.0 Å². The molecule has 0 bridgehead atoms. The van der Waals surface area contributed by atoms with Gasteiger partial charge in [0.1, 0.15) is 0 Å². The Morgan fingerprint density at radius 2 is 2.00 bits per heavy atom. The third-order valence-corrected chi connectivity index (χ3v) is 3.73. The fraction of sp³-hybridized carbons (Fsp3) is 0.647. The van der Waals surface area contributed by atoms with Crippen LogP contribution in [0.1, 0.15) is 44.7 Å². The highest BCUT2D eigenvalue weighted by atomic mass is 15.2. The highest BCUT2D eigenvalue weighted by Crippen LogP contribution is 2.27. The van der Waals surface area contributed by atoms with Crippen molar-refractivity contribution in [2.24, 2.45) is 5.92 Å². The molecule has 2 rings (SSSR count). The molecule has 19 heavy (non-hydrogen) atoms. The van der Waals surface area contributed by atoms with Crippen LogP contribution in [0.4, 0.5) is 0 Å². The standard InChI is InChI=1S/C17H28N2/c1-4-19(17-8-9-17)13-16-7-5-6-15(10-16)12-18-11-14(2)3/h5-7,10,14,17-18H,4,8-9,11-13H2,1-3H3. The first-order valence-electron chi connectivity index (χ1n) is 7.71. The second-order valence-electron chi connectivity index (χ2n) is 6.14. The van der Waals surface area contributed by atoms with E-state index in [1.165, 1.54) is 30.5 Å². The Kier molecular flexibility index (Phi) is 5.41. The van der Waals surface area contributed by atoms with Crippen molar-refractivity contribution in [1.29, 1.82) is 0 Å². The lowest BCUT2D eigenvalue weighted by atomic mass is 10.1. The molecule has 0 unspecified atom stereocenters. The topological polar surface area (TPSA) is 15.3 Å². The molecule has 1 fully saturated rings. The van der Waals surface area contributed by atoms with Crippen LogP contribution in [-0.2, 0) is 13.1 Å². The molecule has 1 aliphatic rings. The minimum absolute atomic E-state index is 0.716. The highest BCUT2D eigenvalue weighted by Gasteiger charge is 2.27. The van der Waals surface area contributed by atoms with E-state index in [4.69, 9.17) is 0 Å². The van der Waals surface area contributed by atoms with Crippen LogP contribution in [0.2, 0.25) is 0 Å². The molecule has 0 aliphatic heterocycles. The predicted octanol–water partition coefficient (Wildman–Crippen LogP) is 3.42. The molecule has 0 aromatic heterocycles. The first-order valence-corrected chi connectivity index (χ1v) is 7.71. The Labute approximate surface area is 118 Å². The van der Waals surface area contributed by atoms with E-state index in [1.54, 1.807) is 0 Å². The molecule has 0 heterocycles. The van der Waals surface area contributed by atoms with E-state index in [2.05, 4.69) is 55.3 Å². The van der Waals surface area contributed by atoms with Gasteiger partial charge in [-0.3, -0.25) is 4.90 Å². The fourth-order valence-corrected chi connectivity index (χ4v) is 2.52. The van der Waals surface area contributed by atoms with Crippen LogP contribution in [0.25, 0.3) is 0 Å². The van der Waals surface area contributed by atoms with Crippen molar-refractivity contribution in [2.45, 2.75) is 52.7 Å². The molecule has 106 valence electrons. The van der Waals surface area contributed by atoms with Gasteiger partial charge in [0.2, 0.25) is 0 Å². The molecule has 1 saturated carbocycles. The van der Waals surface area contributed by atoms with E-state index in [0.29, 0.717) is 5.92 Å². The summed E-state index contributed by atoms with van der Waals surface area (Å²) >= 11 is 0. The van der Waals surface area contributed by atoms with E-state index in [1.807, 2.05) is 0 Å². The second-order valence-corrected chi connectivity index (χ2v) is 6.14. The second kappa shape index (κ2) is 7.06. The number of benzene rings is 1. The first-order chi connectivity index (χ1) is 9.19. The molecule has 1 N–H and O–H groups in total. The van der Waals surface area contributed by atoms with Gasteiger partial charge in [-0.2, -0.15) is 0 Å². The van der Waals surface area contributed by atoms with Crippen LogP contribution in [0, 0.1) is 5.92 Å². The van der Waals surface area contributed by atoms with E-state index in [0.717, 1.165) is 25.7 Å². The lowest BCUT2D eigenvalue weighted by Gasteiger charge is -2.20. The molecule has 1 aromatic rings. The SMILES string of the molecule is CCN(Cc1cccc(CNCC(C)C)c1)C1CC1. The van der Waals surface area contributed by atoms with Crippen LogP contribution in [0.5, 0.6) is 0 Å². The molecule has 1 aliphatic carbocycles. The zero-order chi connectivity index (χ0) is 13.7. The summed E-state index contributed by atoms with van der Waals surface area (Å²) in [5.41, 5.74) is 2.86. The first kappa shape index (κ1) is 14.5. The molecule has 0 spiro atoms. The molecular formula is C17H28N2. The highest BCUT2D eigenvalue weighted by molar-refractivity contribution is 5.23. The normalized spacial score (nSPS) is 15.4. The van der Waals surface area contributed by atoms with Crippen LogP contribution < -0.4 is 5.32 Å². The summed E-state index contributed by atoms with van der Waals surface area (Å²) in [4.78, 5) is 2.60. The van der Waals surface area contributed by atoms with Gasteiger partial charge < -0.3 is 5.32 Å². The van der Waals surface area contributed by atoms with Crippen molar-refractivity contribution >= 4 is 0 Å². The summed E-state index contributed by atoms with van der Waals surface area (Å²) in [5.74, 6) is 0.716. The molecule has 0 atom stereocenters. The van der Waals surface area contributed by atoms with Gasteiger partial charge >= 0.3 is 0 Å². The van der Waals surface area contributed by atoms with Gasteiger partial charge in [-0.25, -0.2) is 0 Å². The van der Waals surface area contributed by atoms with Crippen molar-refractivity contribution in [3.63, 3.8) is 0 Å². The zero-order valence-electron chi connectivity index (χ0n) is 12.7. The van der Waals surface area contributed by atoms with Crippen LogP contribution in [0.15, 0.2) is 24.3 Å². The van der Waals surface area contributed by atoms with Gasteiger partial charge in [0.25, 0.3) is 0 Å². The Balaban J connectivity index is 1.87. The summed E-state index contributed by atoms with van der Waals surface area (Å²) < 4.78 is 0. The lowest BCUT2D eigenvalue weighted by molar-refractivity contribution is 0.269. The largest absolute Gasteiger partial charge is 0.312 e. The van der Waals surface area contributed by atoms with E-state index >= 15 is 0 Å². The van der Waals surface area contributed by atoms with Gasteiger partial charge in [0, 0.05) is 19.1 Å². The third-order valence-electron chi connectivity index (χ3n) is 3.73. The maximum absolute atomic E-state index is 3.52. The van der Waals surface area contributed by atoms with E-state index in [-0.39, 0.29) is 0 Å². The predicted molar refractivity (Wildman–Crippen MR) is 82.1 cm³/mol. The van der Waals surface area contributed by atoms with Gasteiger partial charge in [0.15, 0.2) is 0 Å². The number of hydrogen-bond acceptors (Lipinski definition) is 2. The third kappa shape index (κ3) is 4.96. The summed E-state index contributed by atoms with van der Waals surface area (Å²) in [5, 5.41) is 3.52. The van der Waals surface area contributed by atoms with Gasteiger partial charge in [-0.15, -0.1) is 0 Å². The summed E-state index contributed by atoms with van der Waals surface area (Å²) in [7, 11) is 0. The Morgan fingerprint density at radius 3 is 2.63 bits per heavy atom.